The van der Waals surface area contributed by atoms with Gasteiger partial charge in [-0.2, -0.15) is 5.10 Å². The number of nitrogens with two attached hydrogens (primary N) is 1. The number of anilines is 1. The second-order valence-corrected chi connectivity index (χ2v) is 7.24. The smallest absolute Gasteiger partial charge is 0.138 e. The van der Waals surface area contributed by atoms with Crippen molar-refractivity contribution in [2.75, 3.05) is 18.9 Å². The van der Waals surface area contributed by atoms with Crippen molar-refractivity contribution in [1.82, 2.24) is 14.8 Å². The first-order valence-corrected chi connectivity index (χ1v) is 9.81. The highest BCUT2D eigenvalue weighted by molar-refractivity contribution is 5.77. The summed E-state index contributed by atoms with van der Waals surface area (Å²) in [5.74, 6) is 1.95. The van der Waals surface area contributed by atoms with Gasteiger partial charge >= 0.3 is 0 Å². The zero-order valence-electron chi connectivity index (χ0n) is 16.0. The Hall–Kier alpha value is -3.38. The lowest BCUT2D eigenvalue weighted by Crippen LogP contribution is -2.19. The van der Waals surface area contributed by atoms with Gasteiger partial charge in [0.2, 0.25) is 0 Å². The Morgan fingerprint density at radius 1 is 0.897 bits per heavy atom. The van der Waals surface area contributed by atoms with Crippen molar-refractivity contribution in [3.05, 3.63) is 67.1 Å². The quantitative estimate of drug-likeness (QED) is 0.545. The highest BCUT2D eigenvalue weighted by Gasteiger charge is 2.18. The number of pyridine rings is 1. The first-order valence-electron chi connectivity index (χ1n) is 9.81. The molecule has 6 heteroatoms. The van der Waals surface area contributed by atoms with Crippen LogP contribution in [0.4, 0.5) is 5.82 Å². The molecule has 0 radical (unpaired) electrons. The molecular formula is C23H22N4O2. The summed E-state index contributed by atoms with van der Waals surface area (Å²) in [6.07, 6.45) is 7.71. The number of aromatic nitrogens is 3. The standard InChI is InChI=1S/C23H22N4O2/c24-23-20(22-7-6-21(29-22)16-4-2-1-3-5-16)12-17(13-25-23)18-14-26-27(15-18)19-8-10-28-11-9-19/h1-7,12-15,19H,8-11H2,(H2,24,25). The lowest BCUT2D eigenvalue weighted by Gasteiger charge is -2.22. The van der Waals surface area contributed by atoms with E-state index in [1.807, 2.05) is 59.4 Å². The maximum absolute atomic E-state index is 6.16. The molecule has 1 saturated heterocycles. The first-order chi connectivity index (χ1) is 14.3. The second kappa shape index (κ2) is 7.56. The maximum atomic E-state index is 6.16. The molecule has 0 spiro atoms. The molecule has 1 aliphatic rings. The molecule has 1 fully saturated rings. The summed E-state index contributed by atoms with van der Waals surface area (Å²) in [7, 11) is 0. The monoisotopic (exact) mass is 386 g/mol. The number of nitrogen functional groups attached to an aromatic ring is 1. The van der Waals surface area contributed by atoms with Gasteiger partial charge in [0, 0.05) is 42.3 Å². The molecule has 29 heavy (non-hydrogen) atoms. The molecule has 0 aliphatic carbocycles. The summed E-state index contributed by atoms with van der Waals surface area (Å²) in [6, 6.07) is 16.3. The maximum Gasteiger partial charge on any atom is 0.138 e. The highest BCUT2D eigenvalue weighted by atomic mass is 16.5. The van der Waals surface area contributed by atoms with Gasteiger partial charge in [-0.1, -0.05) is 30.3 Å². The summed E-state index contributed by atoms with van der Waals surface area (Å²) >= 11 is 0. The molecule has 146 valence electrons. The van der Waals surface area contributed by atoms with E-state index in [2.05, 4.69) is 16.3 Å². The summed E-state index contributed by atoms with van der Waals surface area (Å²) in [6.45, 7) is 1.57. The normalized spacial score (nSPS) is 14.9. The SMILES string of the molecule is Nc1ncc(-c2cnn(C3CCOCC3)c2)cc1-c1ccc(-c2ccccc2)o1. The first kappa shape index (κ1) is 17.7. The molecule has 4 aromatic rings. The minimum Gasteiger partial charge on any atom is -0.456 e. The Balaban J connectivity index is 1.45. The Bertz CT molecular complexity index is 1110. The van der Waals surface area contributed by atoms with Gasteiger partial charge in [0.15, 0.2) is 0 Å². The zero-order chi connectivity index (χ0) is 19.6. The van der Waals surface area contributed by atoms with E-state index in [4.69, 9.17) is 14.9 Å². The number of hydrogen-bond donors (Lipinski definition) is 1. The molecule has 0 bridgehead atoms. The summed E-state index contributed by atoms with van der Waals surface area (Å²) < 4.78 is 13.6. The van der Waals surface area contributed by atoms with Gasteiger partial charge in [-0.3, -0.25) is 4.68 Å². The van der Waals surface area contributed by atoms with E-state index in [1.54, 1.807) is 6.20 Å². The highest BCUT2D eigenvalue weighted by Crippen LogP contribution is 2.34. The Morgan fingerprint density at radius 3 is 2.52 bits per heavy atom. The Labute approximate surface area is 168 Å². The van der Waals surface area contributed by atoms with Crippen LogP contribution < -0.4 is 5.73 Å². The molecule has 2 N–H and O–H groups in total. The Morgan fingerprint density at radius 2 is 1.69 bits per heavy atom. The predicted octanol–water partition coefficient (Wildman–Crippen LogP) is 4.81. The molecule has 0 amide bonds. The largest absolute Gasteiger partial charge is 0.456 e. The van der Waals surface area contributed by atoms with Crippen LogP contribution in [-0.2, 0) is 4.74 Å². The molecule has 0 unspecified atom stereocenters. The number of benzene rings is 1. The van der Waals surface area contributed by atoms with Gasteiger partial charge < -0.3 is 14.9 Å². The van der Waals surface area contributed by atoms with Crippen LogP contribution in [0.1, 0.15) is 18.9 Å². The molecule has 4 heterocycles. The van der Waals surface area contributed by atoms with Gasteiger partial charge in [-0.05, 0) is 31.0 Å². The van der Waals surface area contributed by atoms with Gasteiger partial charge in [0.1, 0.15) is 17.3 Å². The minimum absolute atomic E-state index is 0.386. The number of furan rings is 1. The number of hydrogen-bond acceptors (Lipinski definition) is 5. The van der Waals surface area contributed by atoms with Crippen molar-refractivity contribution < 1.29 is 9.15 Å². The molecule has 1 aliphatic heterocycles. The van der Waals surface area contributed by atoms with Crippen molar-refractivity contribution >= 4 is 5.82 Å². The van der Waals surface area contributed by atoms with Gasteiger partial charge in [-0.15, -0.1) is 0 Å². The van der Waals surface area contributed by atoms with E-state index >= 15 is 0 Å². The van der Waals surface area contributed by atoms with Crippen LogP contribution >= 0.6 is 0 Å². The third kappa shape index (κ3) is 3.54. The van der Waals surface area contributed by atoms with E-state index in [9.17, 15) is 0 Å². The third-order valence-corrected chi connectivity index (χ3v) is 5.35. The lowest BCUT2D eigenvalue weighted by molar-refractivity contribution is 0.0662. The number of ether oxygens (including phenoxy) is 1. The van der Waals surface area contributed by atoms with Gasteiger partial charge in [-0.25, -0.2) is 4.98 Å². The molecule has 3 aromatic heterocycles. The van der Waals surface area contributed by atoms with Crippen LogP contribution in [0.25, 0.3) is 33.8 Å². The van der Waals surface area contributed by atoms with Crippen LogP contribution in [0.2, 0.25) is 0 Å². The van der Waals surface area contributed by atoms with Crippen molar-refractivity contribution in [3.8, 4) is 33.8 Å². The van der Waals surface area contributed by atoms with Crippen LogP contribution in [0.5, 0.6) is 0 Å². The fraction of sp³-hybridized carbons (Fsp3) is 0.217. The van der Waals surface area contributed by atoms with Crippen LogP contribution in [-0.4, -0.2) is 28.0 Å². The average Bonchev–Trinajstić information content (AvgIpc) is 3.46. The summed E-state index contributed by atoms with van der Waals surface area (Å²) in [5.41, 5.74) is 9.95. The van der Waals surface area contributed by atoms with Crippen LogP contribution in [0, 0.1) is 0 Å². The van der Waals surface area contributed by atoms with Crippen molar-refractivity contribution in [1.29, 1.82) is 0 Å². The van der Waals surface area contributed by atoms with Crippen molar-refractivity contribution in [3.63, 3.8) is 0 Å². The van der Waals surface area contributed by atoms with E-state index in [1.165, 1.54) is 0 Å². The fourth-order valence-corrected chi connectivity index (χ4v) is 3.71. The van der Waals surface area contributed by atoms with Crippen LogP contribution in [0.15, 0.2) is 71.5 Å². The Kier molecular flexibility index (Phi) is 4.62. The molecule has 1 aromatic carbocycles. The number of nitrogens with zero attached hydrogens (tertiary/aromatic N) is 3. The number of rotatable bonds is 4. The second-order valence-electron chi connectivity index (χ2n) is 7.24. The van der Waals surface area contributed by atoms with Gasteiger partial charge in [0.05, 0.1) is 17.8 Å². The molecule has 0 saturated carbocycles. The topological polar surface area (TPSA) is 79.1 Å². The molecule has 0 atom stereocenters. The third-order valence-electron chi connectivity index (χ3n) is 5.35. The minimum atomic E-state index is 0.386. The van der Waals surface area contributed by atoms with Crippen molar-refractivity contribution in [2.45, 2.75) is 18.9 Å². The van der Waals surface area contributed by atoms with E-state index in [0.717, 1.165) is 54.1 Å². The summed E-state index contributed by atoms with van der Waals surface area (Å²) in [5, 5.41) is 4.56. The zero-order valence-corrected chi connectivity index (χ0v) is 16.0. The van der Waals surface area contributed by atoms with Crippen LogP contribution in [0.3, 0.4) is 0 Å². The van der Waals surface area contributed by atoms with Gasteiger partial charge in [0.25, 0.3) is 0 Å². The molecule has 6 nitrogen and oxygen atoms in total. The molecular weight excluding hydrogens is 364 g/mol. The van der Waals surface area contributed by atoms with E-state index in [-0.39, 0.29) is 0 Å². The van der Waals surface area contributed by atoms with E-state index < -0.39 is 0 Å². The fourth-order valence-electron chi connectivity index (χ4n) is 3.71. The van der Waals surface area contributed by atoms with Crippen molar-refractivity contribution in [2.24, 2.45) is 0 Å². The predicted molar refractivity (Wildman–Crippen MR) is 112 cm³/mol. The van der Waals surface area contributed by atoms with E-state index in [0.29, 0.717) is 17.6 Å². The molecule has 5 rings (SSSR count). The summed E-state index contributed by atoms with van der Waals surface area (Å²) in [4.78, 5) is 4.40. The lowest BCUT2D eigenvalue weighted by atomic mass is 10.1. The average molecular weight is 386 g/mol.